The van der Waals surface area contributed by atoms with E-state index in [9.17, 15) is 9.90 Å². The van der Waals surface area contributed by atoms with Crippen LogP contribution in [-0.2, 0) is 0 Å². The zero-order valence-electron chi connectivity index (χ0n) is 12.3. The number of nitrogens with zero attached hydrogens (tertiary/aromatic N) is 3. The molecular formula is C16H16N4O2S. The molecule has 0 aliphatic heterocycles. The first-order valence-corrected chi connectivity index (χ1v) is 8.41. The predicted octanol–water partition coefficient (Wildman–Crippen LogP) is 2.03. The summed E-state index contributed by atoms with van der Waals surface area (Å²) in [5, 5.41) is 14.6. The number of hydrogen-bond donors (Lipinski definition) is 2. The minimum Gasteiger partial charge on any atom is -0.393 e. The molecule has 0 spiro atoms. The van der Waals surface area contributed by atoms with Gasteiger partial charge in [0.15, 0.2) is 4.96 Å². The van der Waals surface area contributed by atoms with Crippen LogP contribution in [0.2, 0.25) is 0 Å². The quantitative estimate of drug-likeness (QED) is 0.768. The topological polar surface area (TPSA) is 79.5 Å². The van der Waals surface area contributed by atoms with Crippen LogP contribution in [0.15, 0.2) is 42.2 Å². The number of amides is 1. The first-order valence-electron chi connectivity index (χ1n) is 7.53. The van der Waals surface area contributed by atoms with Crippen molar-refractivity contribution in [1.82, 2.24) is 19.7 Å². The van der Waals surface area contributed by atoms with Crippen molar-refractivity contribution in [3.05, 3.63) is 53.6 Å². The third-order valence-corrected chi connectivity index (χ3v) is 5.01. The third-order valence-electron chi connectivity index (χ3n) is 4.24. The molecule has 0 radical (unpaired) electrons. The summed E-state index contributed by atoms with van der Waals surface area (Å²) in [7, 11) is 0. The summed E-state index contributed by atoms with van der Waals surface area (Å²) < 4.78 is 1.84. The van der Waals surface area contributed by atoms with Crippen LogP contribution in [0.1, 0.15) is 35.1 Å². The van der Waals surface area contributed by atoms with Gasteiger partial charge >= 0.3 is 0 Å². The van der Waals surface area contributed by atoms with E-state index >= 15 is 0 Å². The maximum Gasteiger partial charge on any atom is 0.272 e. The van der Waals surface area contributed by atoms with E-state index in [1.807, 2.05) is 34.2 Å². The van der Waals surface area contributed by atoms with Crippen LogP contribution in [0.5, 0.6) is 0 Å². The first-order chi connectivity index (χ1) is 11.2. The number of aliphatic hydroxyl groups is 1. The summed E-state index contributed by atoms with van der Waals surface area (Å²) in [6.07, 6.45) is 6.41. The molecule has 1 aliphatic rings. The number of aliphatic hydroxyl groups excluding tert-OH is 1. The van der Waals surface area contributed by atoms with Crippen molar-refractivity contribution in [2.24, 2.45) is 5.92 Å². The molecular weight excluding hydrogens is 312 g/mol. The molecule has 0 bridgehead atoms. The lowest BCUT2D eigenvalue weighted by Gasteiger charge is -2.37. The first kappa shape index (κ1) is 14.3. The van der Waals surface area contributed by atoms with Crippen LogP contribution in [-0.4, -0.2) is 31.5 Å². The predicted molar refractivity (Wildman–Crippen MR) is 86.2 cm³/mol. The van der Waals surface area contributed by atoms with Gasteiger partial charge in [0.25, 0.3) is 5.91 Å². The molecule has 3 aromatic rings. The van der Waals surface area contributed by atoms with Crippen molar-refractivity contribution in [3.63, 3.8) is 0 Å². The lowest BCUT2D eigenvalue weighted by Crippen LogP contribution is -2.41. The Morgan fingerprint density at radius 3 is 3.00 bits per heavy atom. The van der Waals surface area contributed by atoms with Gasteiger partial charge in [-0.15, -0.1) is 11.3 Å². The number of imidazole rings is 1. The highest BCUT2D eigenvalue weighted by molar-refractivity contribution is 7.15. The number of nitrogens with one attached hydrogen (secondary N) is 1. The van der Waals surface area contributed by atoms with E-state index in [0.717, 1.165) is 10.7 Å². The molecule has 23 heavy (non-hydrogen) atoms. The van der Waals surface area contributed by atoms with Crippen molar-refractivity contribution < 1.29 is 9.90 Å². The Labute approximate surface area is 136 Å². The number of rotatable bonds is 4. The molecule has 1 aliphatic carbocycles. The van der Waals surface area contributed by atoms with Crippen LogP contribution < -0.4 is 5.32 Å². The largest absolute Gasteiger partial charge is 0.393 e. The van der Waals surface area contributed by atoms with E-state index in [-0.39, 0.29) is 24.0 Å². The molecule has 118 valence electrons. The van der Waals surface area contributed by atoms with Crippen molar-refractivity contribution in [2.75, 3.05) is 0 Å². The van der Waals surface area contributed by atoms with Crippen LogP contribution >= 0.6 is 11.3 Å². The van der Waals surface area contributed by atoms with Crippen molar-refractivity contribution in [3.8, 4) is 0 Å². The van der Waals surface area contributed by atoms with Crippen molar-refractivity contribution in [1.29, 1.82) is 0 Å². The number of aromatic nitrogens is 3. The van der Waals surface area contributed by atoms with Crippen molar-refractivity contribution >= 4 is 22.2 Å². The minimum atomic E-state index is -0.277. The Kier molecular flexibility index (Phi) is 3.59. The molecule has 2 N–H and O–H groups in total. The number of pyridine rings is 1. The average molecular weight is 328 g/mol. The number of hydrogen-bond acceptors (Lipinski definition) is 5. The minimum absolute atomic E-state index is 0.201. The molecule has 1 fully saturated rings. The van der Waals surface area contributed by atoms with E-state index in [1.165, 1.54) is 11.3 Å². The molecule has 1 saturated carbocycles. The highest BCUT2D eigenvalue weighted by Crippen LogP contribution is 2.37. The summed E-state index contributed by atoms with van der Waals surface area (Å²) in [5.41, 5.74) is 1.22. The second kappa shape index (κ2) is 5.75. The molecule has 4 rings (SSSR count). The fraction of sp³-hybridized carbons (Fsp3) is 0.312. The van der Waals surface area contributed by atoms with Gasteiger partial charge in [0.05, 0.1) is 17.8 Å². The molecule has 1 atom stereocenters. The number of carbonyl (C=O) groups is 1. The summed E-state index contributed by atoms with van der Waals surface area (Å²) >= 11 is 1.49. The Morgan fingerprint density at radius 2 is 2.30 bits per heavy atom. The zero-order chi connectivity index (χ0) is 15.8. The smallest absolute Gasteiger partial charge is 0.272 e. The maximum absolute atomic E-state index is 12.5. The maximum atomic E-state index is 12.5. The fourth-order valence-corrected chi connectivity index (χ4v) is 3.65. The normalized spacial score (nSPS) is 21.8. The van der Waals surface area contributed by atoms with Gasteiger partial charge in [-0.2, -0.15) is 0 Å². The molecule has 6 nitrogen and oxygen atoms in total. The Morgan fingerprint density at radius 1 is 1.43 bits per heavy atom. The molecule has 0 unspecified atom stereocenters. The number of thiazole rings is 1. The van der Waals surface area contributed by atoms with Crippen LogP contribution in [0.4, 0.5) is 0 Å². The Hall–Kier alpha value is -2.25. The number of carbonyl (C=O) groups excluding carboxylic acids is 1. The van der Waals surface area contributed by atoms with Gasteiger partial charge in [-0.05, 0) is 30.9 Å². The van der Waals surface area contributed by atoms with E-state index in [0.29, 0.717) is 18.5 Å². The van der Waals surface area contributed by atoms with E-state index in [2.05, 4.69) is 15.3 Å². The lowest BCUT2D eigenvalue weighted by molar-refractivity contribution is 0.0228. The average Bonchev–Trinajstić information content (AvgIpc) is 3.12. The van der Waals surface area contributed by atoms with E-state index < -0.39 is 0 Å². The monoisotopic (exact) mass is 328 g/mol. The third kappa shape index (κ3) is 2.73. The molecule has 3 heterocycles. The molecule has 7 heteroatoms. The van der Waals surface area contributed by atoms with Crippen LogP contribution in [0.25, 0.3) is 4.96 Å². The molecule has 3 aromatic heterocycles. The van der Waals surface area contributed by atoms with E-state index in [1.54, 1.807) is 12.4 Å². The van der Waals surface area contributed by atoms with Gasteiger partial charge in [-0.3, -0.25) is 14.2 Å². The molecule has 0 saturated heterocycles. The molecule has 0 aromatic carbocycles. The van der Waals surface area contributed by atoms with Gasteiger partial charge in [-0.25, -0.2) is 4.98 Å². The van der Waals surface area contributed by atoms with Crippen molar-refractivity contribution in [2.45, 2.75) is 25.0 Å². The molecule has 1 amide bonds. The highest BCUT2D eigenvalue weighted by atomic mass is 32.1. The summed E-state index contributed by atoms with van der Waals surface area (Å²) in [4.78, 5) is 22.0. The van der Waals surface area contributed by atoms with Crippen LogP contribution in [0, 0.1) is 5.92 Å². The fourth-order valence-electron chi connectivity index (χ4n) is 2.95. The number of fused-ring (bicyclic) bond motifs is 1. The van der Waals surface area contributed by atoms with E-state index in [4.69, 9.17) is 0 Å². The second-order valence-corrected chi connectivity index (χ2v) is 6.68. The van der Waals surface area contributed by atoms with Gasteiger partial charge in [0.1, 0.15) is 5.69 Å². The SMILES string of the molecule is O=C(N[C@@H](c1ccccn1)C1CC(O)C1)c1cn2ccsc2n1. The summed E-state index contributed by atoms with van der Waals surface area (Å²) in [6.45, 7) is 0. The van der Waals surface area contributed by atoms with Crippen LogP contribution in [0.3, 0.4) is 0 Å². The van der Waals surface area contributed by atoms with Gasteiger partial charge < -0.3 is 10.4 Å². The van der Waals surface area contributed by atoms with Gasteiger partial charge in [0, 0.05) is 24.0 Å². The second-order valence-electron chi connectivity index (χ2n) is 5.81. The van der Waals surface area contributed by atoms with Gasteiger partial charge in [0.2, 0.25) is 0 Å². The zero-order valence-corrected chi connectivity index (χ0v) is 13.1. The Balaban J connectivity index is 1.57. The lowest BCUT2D eigenvalue weighted by atomic mass is 9.76. The highest BCUT2D eigenvalue weighted by Gasteiger charge is 2.36. The Bertz CT molecular complexity index is 794. The summed E-state index contributed by atoms with van der Waals surface area (Å²) in [6, 6.07) is 5.46. The summed E-state index contributed by atoms with van der Waals surface area (Å²) in [5.74, 6) is -0.00877. The van der Waals surface area contributed by atoms with Gasteiger partial charge in [-0.1, -0.05) is 6.07 Å². The standard InChI is InChI=1S/C16H16N4O2S/c21-11-7-10(8-11)14(12-3-1-2-4-17-12)19-15(22)13-9-20-5-6-23-16(20)18-13/h1-6,9-11,14,21H,7-8H2,(H,19,22)/t10?,11?,14-/m1/s1.